The minimum absolute atomic E-state index is 0.184. The average Bonchev–Trinajstić information content (AvgIpc) is 2.15. The number of hydrogen-bond acceptors (Lipinski definition) is 3. The summed E-state index contributed by atoms with van der Waals surface area (Å²) in [4.78, 5) is 12.3. The van der Waals surface area contributed by atoms with Crippen LogP contribution in [-0.2, 0) is 16.0 Å². The molecule has 1 aromatic carbocycles. The summed E-state index contributed by atoms with van der Waals surface area (Å²) in [6, 6.07) is 8.04. The molecule has 0 N–H and O–H groups in total. The second kappa shape index (κ2) is 5.39. The molecule has 0 aromatic heterocycles. The van der Waals surface area contributed by atoms with Gasteiger partial charge in [-0.25, -0.2) is 0 Å². The first-order chi connectivity index (χ1) is 7.40. The highest BCUT2D eigenvalue weighted by Crippen LogP contribution is 2.32. The third kappa shape index (κ3) is 4.71. The summed E-state index contributed by atoms with van der Waals surface area (Å²) in [5, 5.41) is 0. The smallest absolute Gasteiger partial charge is 0.309 e. The van der Waals surface area contributed by atoms with Gasteiger partial charge >= 0.3 is 5.97 Å². The van der Waals surface area contributed by atoms with Crippen molar-refractivity contribution in [2.45, 2.75) is 36.8 Å². The molecule has 0 spiro atoms. The van der Waals surface area contributed by atoms with Crippen molar-refractivity contribution >= 4 is 17.7 Å². The van der Waals surface area contributed by atoms with E-state index in [1.807, 2.05) is 18.2 Å². The zero-order valence-electron chi connectivity index (χ0n) is 10.2. The van der Waals surface area contributed by atoms with Crippen molar-refractivity contribution in [2.75, 3.05) is 7.11 Å². The minimum atomic E-state index is -0.196. The molecule has 0 saturated heterocycles. The lowest BCUT2D eigenvalue weighted by Crippen LogP contribution is -2.07. The second-order valence-corrected chi connectivity index (χ2v) is 6.52. The maximum Gasteiger partial charge on any atom is 0.309 e. The summed E-state index contributed by atoms with van der Waals surface area (Å²) in [6.45, 7) is 6.51. The fourth-order valence-corrected chi connectivity index (χ4v) is 2.38. The lowest BCUT2D eigenvalue weighted by atomic mass is 10.1. The number of hydrogen-bond donors (Lipinski definition) is 0. The maximum atomic E-state index is 11.1. The molecule has 3 heteroatoms. The first-order valence-corrected chi connectivity index (χ1v) is 6.07. The molecule has 0 aliphatic carbocycles. The summed E-state index contributed by atoms with van der Waals surface area (Å²) in [6.07, 6.45) is 0.342. The van der Waals surface area contributed by atoms with E-state index < -0.39 is 0 Å². The zero-order valence-corrected chi connectivity index (χ0v) is 11.1. The van der Waals surface area contributed by atoms with Crippen LogP contribution < -0.4 is 0 Å². The zero-order chi connectivity index (χ0) is 12.2. The Morgan fingerprint density at radius 1 is 1.38 bits per heavy atom. The molecule has 0 radical (unpaired) electrons. The van der Waals surface area contributed by atoms with Gasteiger partial charge in [-0.15, -0.1) is 11.8 Å². The molecule has 0 atom stereocenters. The van der Waals surface area contributed by atoms with Crippen LogP contribution in [0.25, 0.3) is 0 Å². The molecule has 1 aromatic rings. The third-order valence-corrected chi connectivity index (χ3v) is 3.00. The largest absolute Gasteiger partial charge is 0.469 e. The summed E-state index contributed by atoms with van der Waals surface area (Å²) >= 11 is 1.80. The van der Waals surface area contributed by atoms with Crippen molar-refractivity contribution in [3.8, 4) is 0 Å². The van der Waals surface area contributed by atoms with Crippen LogP contribution in [0.4, 0.5) is 0 Å². The highest BCUT2D eigenvalue weighted by atomic mass is 32.2. The van der Waals surface area contributed by atoms with E-state index in [9.17, 15) is 4.79 Å². The van der Waals surface area contributed by atoms with Crippen molar-refractivity contribution < 1.29 is 9.53 Å². The molecule has 0 heterocycles. The molecule has 0 amide bonds. The first-order valence-electron chi connectivity index (χ1n) is 5.25. The maximum absolute atomic E-state index is 11.1. The van der Waals surface area contributed by atoms with Gasteiger partial charge < -0.3 is 4.74 Å². The molecule has 88 valence electrons. The number of methoxy groups -OCH3 is 1. The molecule has 0 bridgehead atoms. The molecule has 0 aliphatic heterocycles. The van der Waals surface area contributed by atoms with Crippen molar-refractivity contribution in [3.05, 3.63) is 29.8 Å². The lowest BCUT2D eigenvalue weighted by molar-refractivity contribution is -0.139. The van der Waals surface area contributed by atoms with Gasteiger partial charge in [0.1, 0.15) is 0 Å². The molecular formula is C13H18O2S. The van der Waals surface area contributed by atoms with Crippen molar-refractivity contribution in [1.82, 2.24) is 0 Å². The van der Waals surface area contributed by atoms with E-state index in [4.69, 9.17) is 0 Å². The van der Waals surface area contributed by atoms with Gasteiger partial charge in [-0.3, -0.25) is 4.79 Å². The molecule has 0 fully saturated rings. The number of thioether (sulfide) groups is 1. The predicted octanol–water partition coefficient (Wildman–Crippen LogP) is 3.29. The Hall–Kier alpha value is -0.960. The number of carbonyl (C=O) groups is 1. The molecule has 16 heavy (non-hydrogen) atoms. The van der Waals surface area contributed by atoms with Crippen LogP contribution in [0.2, 0.25) is 0 Å². The lowest BCUT2D eigenvalue weighted by Gasteiger charge is -2.17. The van der Waals surface area contributed by atoms with Crippen molar-refractivity contribution in [1.29, 1.82) is 0 Å². The monoisotopic (exact) mass is 238 g/mol. The third-order valence-electron chi connectivity index (χ3n) is 1.90. The van der Waals surface area contributed by atoms with E-state index >= 15 is 0 Å². The van der Waals surface area contributed by atoms with Crippen LogP contribution in [0.15, 0.2) is 29.2 Å². The van der Waals surface area contributed by atoms with E-state index in [0.29, 0.717) is 6.42 Å². The number of esters is 1. The van der Waals surface area contributed by atoms with Gasteiger partial charge in [0.05, 0.1) is 13.5 Å². The van der Waals surface area contributed by atoms with Crippen LogP contribution in [0.1, 0.15) is 26.3 Å². The van der Waals surface area contributed by atoms with Gasteiger partial charge in [-0.1, -0.05) is 32.9 Å². The molecule has 0 aliphatic rings. The highest BCUT2D eigenvalue weighted by Gasteiger charge is 2.12. The Kier molecular flexibility index (Phi) is 4.42. The normalized spacial score (nSPS) is 11.2. The average molecular weight is 238 g/mol. The fourth-order valence-electron chi connectivity index (χ4n) is 1.31. The van der Waals surface area contributed by atoms with Gasteiger partial charge in [0, 0.05) is 9.64 Å². The summed E-state index contributed by atoms with van der Waals surface area (Å²) in [5.74, 6) is -0.196. The van der Waals surface area contributed by atoms with Crippen LogP contribution in [-0.4, -0.2) is 17.8 Å². The topological polar surface area (TPSA) is 26.3 Å². The summed E-state index contributed by atoms with van der Waals surface area (Å²) < 4.78 is 4.83. The van der Waals surface area contributed by atoms with Crippen LogP contribution in [0.5, 0.6) is 0 Å². The van der Waals surface area contributed by atoms with Gasteiger partial charge in [-0.05, 0) is 17.7 Å². The number of rotatable bonds is 3. The molecule has 2 nitrogen and oxygen atoms in total. The highest BCUT2D eigenvalue weighted by molar-refractivity contribution is 8.00. The van der Waals surface area contributed by atoms with E-state index in [-0.39, 0.29) is 10.7 Å². The first kappa shape index (κ1) is 13.1. The molecular weight excluding hydrogens is 220 g/mol. The quantitative estimate of drug-likeness (QED) is 0.597. The Labute approximate surface area is 101 Å². The Morgan fingerprint density at radius 2 is 2.06 bits per heavy atom. The molecule has 1 rings (SSSR count). The van der Waals surface area contributed by atoms with Gasteiger partial charge in [0.2, 0.25) is 0 Å². The van der Waals surface area contributed by atoms with E-state index in [1.54, 1.807) is 11.8 Å². The van der Waals surface area contributed by atoms with E-state index in [0.717, 1.165) is 5.56 Å². The van der Waals surface area contributed by atoms with Crippen molar-refractivity contribution in [3.63, 3.8) is 0 Å². The minimum Gasteiger partial charge on any atom is -0.469 e. The van der Waals surface area contributed by atoms with Crippen LogP contribution in [0, 0.1) is 0 Å². The number of benzene rings is 1. The number of ether oxygens (including phenoxy) is 1. The van der Waals surface area contributed by atoms with Gasteiger partial charge in [0.25, 0.3) is 0 Å². The SMILES string of the molecule is COC(=O)Cc1cccc(SC(C)(C)C)c1. The Bertz CT molecular complexity index is 366. The van der Waals surface area contributed by atoms with Crippen LogP contribution in [0.3, 0.4) is 0 Å². The molecule has 0 saturated carbocycles. The Morgan fingerprint density at radius 3 is 2.62 bits per heavy atom. The molecule has 0 unspecified atom stereocenters. The Balaban J connectivity index is 2.75. The predicted molar refractivity (Wildman–Crippen MR) is 67.8 cm³/mol. The van der Waals surface area contributed by atoms with Crippen LogP contribution >= 0.6 is 11.8 Å². The fraction of sp³-hybridized carbons (Fsp3) is 0.462. The van der Waals surface area contributed by atoms with Gasteiger partial charge in [0.15, 0.2) is 0 Å². The summed E-state index contributed by atoms with van der Waals surface area (Å²) in [7, 11) is 1.41. The number of carbonyl (C=O) groups excluding carboxylic acids is 1. The standard InChI is InChI=1S/C13H18O2S/c1-13(2,3)16-11-7-5-6-10(8-11)9-12(14)15-4/h5-8H,9H2,1-4H3. The second-order valence-electron chi connectivity index (χ2n) is 4.61. The van der Waals surface area contributed by atoms with E-state index in [2.05, 4.69) is 31.6 Å². The van der Waals surface area contributed by atoms with Crippen molar-refractivity contribution in [2.24, 2.45) is 0 Å². The van der Waals surface area contributed by atoms with E-state index in [1.165, 1.54) is 12.0 Å². The van der Waals surface area contributed by atoms with Gasteiger partial charge in [-0.2, -0.15) is 0 Å². The summed E-state index contributed by atoms with van der Waals surface area (Å²) in [5.41, 5.74) is 1.00.